The van der Waals surface area contributed by atoms with Crippen LogP contribution in [0.5, 0.6) is 0 Å². The molecule has 1 heterocycles. The second kappa shape index (κ2) is 3.64. The molecule has 4 nitrogen and oxygen atoms in total. The molecule has 0 aromatic carbocycles. The highest BCUT2D eigenvalue weighted by Crippen LogP contribution is 2.14. The molecule has 4 heteroatoms. The van der Waals surface area contributed by atoms with Crippen molar-refractivity contribution in [3.8, 4) is 0 Å². The van der Waals surface area contributed by atoms with Crippen LogP contribution in [0.25, 0.3) is 0 Å². The van der Waals surface area contributed by atoms with Crippen molar-refractivity contribution in [2.75, 3.05) is 19.6 Å². The van der Waals surface area contributed by atoms with E-state index >= 15 is 0 Å². The quantitative estimate of drug-likeness (QED) is 0.581. The average Bonchev–Trinajstić information content (AvgIpc) is 2.03. The Morgan fingerprint density at radius 3 is 2.62 bits per heavy atom. The number of carbonyl (C=O) groups is 1. The number of nitrogens with two attached hydrogens (primary N) is 1. The van der Waals surface area contributed by atoms with E-state index in [0.717, 1.165) is 19.6 Å². The second-order valence-corrected chi connectivity index (χ2v) is 4.53. The van der Waals surface area contributed by atoms with Crippen LogP contribution >= 0.6 is 0 Å². The van der Waals surface area contributed by atoms with Crippen LogP contribution in [0.3, 0.4) is 0 Å². The first-order chi connectivity index (χ1) is 5.91. The van der Waals surface area contributed by atoms with E-state index in [1.165, 1.54) is 0 Å². The van der Waals surface area contributed by atoms with Gasteiger partial charge in [-0.3, -0.25) is 9.69 Å². The van der Waals surface area contributed by atoms with Gasteiger partial charge in [-0.05, 0) is 20.8 Å². The Hall–Kier alpha value is -0.610. The van der Waals surface area contributed by atoms with Crippen molar-refractivity contribution in [3.63, 3.8) is 0 Å². The fourth-order valence-corrected chi connectivity index (χ4v) is 1.55. The van der Waals surface area contributed by atoms with E-state index in [-0.39, 0.29) is 17.5 Å². The summed E-state index contributed by atoms with van der Waals surface area (Å²) in [6.45, 7) is 8.99. The minimum Gasteiger partial charge on any atom is -0.368 e. The minimum atomic E-state index is -0.256. The van der Waals surface area contributed by atoms with Gasteiger partial charge < -0.3 is 11.1 Å². The molecule has 1 fully saturated rings. The summed E-state index contributed by atoms with van der Waals surface area (Å²) < 4.78 is 0. The number of nitrogens with zero attached hydrogens (tertiary/aromatic N) is 1. The third kappa shape index (κ3) is 2.67. The maximum atomic E-state index is 11.0. The molecule has 0 aromatic heterocycles. The van der Waals surface area contributed by atoms with Crippen LogP contribution in [-0.2, 0) is 4.79 Å². The Balaban J connectivity index is 2.57. The molecule has 1 aliphatic rings. The van der Waals surface area contributed by atoms with Gasteiger partial charge >= 0.3 is 0 Å². The normalized spacial score (nSPS) is 25.9. The molecule has 0 unspecified atom stereocenters. The molecule has 0 aliphatic carbocycles. The Morgan fingerprint density at radius 1 is 1.54 bits per heavy atom. The summed E-state index contributed by atoms with van der Waals surface area (Å²) in [6, 6.07) is -0.187. The van der Waals surface area contributed by atoms with Crippen molar-refractivity contribution in [3.05, 3.63) is 0 Å². The predicted octanol–water partition coefficient (Wildman–Crippen LogP) is -0.456. The van der Waals surface area contributed by atoms with Gasteiger partial charge in [-0.1, -0.05) is 0 Å². The number of rotatable bonds is 1. The lowest BCUT2D eigenvalue weighted by atomic mass is 10.0. The van der Waals surface area contributed by atoms with Gasteiger partial charge in [0.2, 0.25) is 5.91 Å². The molecule has 1 atom stereocenters. The third-order valence-electron chi connectivity index (χ3n) is 2.47. The summed E-state index contributed by atoms with van der Waals surface area (Å²) in [7, 11) is 0. The molecule has 0 bridgehead atoms. The molecule has 0 aromatic rings. The van der Waals surface area contributed by atoms with E-state index in [1.54, 1.807) is 0 Å². The van der Waals surface area contributed by atoms with Gasteiger partial charge in [0, 0.05) is 25.2 Å². The van der Waals surface area contributed by atoms with Crippen molar-refractivity contribution in [2.24, 2.45) is 5.73 Å². The summed E-state index contributed by atoms with van der Waals surface area (Å²) in [5.41, 5.74) is 5.37. The van der Waals surface area contributed by atoms with Crippen molar-refractivity contribution >= 4 is 5.91 Å². The van der Waals surface area contributed by atoms with Gasteiger partial charge in [0.1, 0.15) is 0 Å². The second-order valence-electron chi connectivity index (χ2n) is 4.53. The number of nitrogens with one attached hydrogen (secondary N) is 1. The maximum absolute atomic E-state index is 11.0. The van der Waals surface area contributed by atoms with Gasteiger partial charge in [0.25, 0.3) is 0 Å². The summed E-state index contributed by atoms with van der Waals surface area (Å²) >= 11 is 0. The molecule has 0 saturated carbocycles. The summed E-state index contributed by atoms with van der Waals surface area (Å²) in [5.74, 6) is -0.256. The molecule has 3 N–H and O–H groups in total. The zero-order valence-electron chi connectivity index (χ0n) is 8.63. The van der Waals surface area contributed by atoms with E-state index in [9.17, 15) is 4.79 Å². The largest absolute Gasteiger partial charge is 0.368 e. The van der Waals surface area contributed by atoms with Crippen molar-refractivity contribution < 1.29 is 4.79 Å². The molecule has 1 amide bonds. The van der Waals surface area contributed by atoms with E-state index in [2.05, 4.69) is 31.0 Å². The third-order valence-corrected chi connectivity index (χ3v) is 2.47. The van der Waals surface area contributed by atoms with Crippen LogP contribution in [-0.4, -0.2) is 42.0 Å². The van der Waals surface area contributed by atoms with Crippen molar-refractivity contribution in [1.82, 2.24) is 10.2 Å². The molecule has 0 radical (unpaired) electrons. The van der Waals surface area contributed by atoms with E-state index in [4.69, 9.17) is 5.73 Å². The van der Waals surface area contributed by atoms with Crippen molar-refractivity contribution in [1.29, 1.82) is 0 Å². The molecule has 0 spiro atoms. The highest BCUT2D eigenvalue weighted by atomic mass is 16.1. The topological polar surface area (TPSA) is 58.4 Å². The highest BCUT2D eigenvalue weighted by molar-refractivity contribution is 5.80. The number of hydrogen-bond donors (Lipinski definition) is 2. The van der Waals surface area contributed by atoms with Crippen LogP contribution < -0.4 is 11.1 Å². The molecule has 1 aliphatic heterocycles. The van der Waals surface area contributed by atoms with E-state index in [0.29, 0.717) is 0 Å². The van der Waals surface area contributed by atoms with E-state index < -0.39 is 0 Å². The fourth-order valence-electron chi connectivity index (χ4n) is 1.55. The molecule has 76 valence electrons. The number of carbonyl (C=O) groups excluding carboxylic acids is 1. The maximum Gasteiger partial charge on any atom is 0.235 e. The Bertz CT molecular complexity index is 198. The monoisotopic (exact) mass is 185 g/mol. The SMILES string of the molecule is CC(C)(C)N1CCN[C@H](C(N)=O)C1. The first-order valence-electron chi connectivity index (χ1n) is 4.69. The molecular formula is C9H19N3O. The van der Waals surface area contributed by atoms with Gasteiger partial charge in [-0.15, -0.1) is 0 Å². The molecule has 13 heavy (non-hydrogen) atoms. The van der Waals surface area contributed by atoms with Crippen LogP contribution in [0.4, 0.5) is 0 Å². The highest BCUT2D eigenvalue weighted by Gasteiger charge is 2.29. The fraction of sp³-hybridized carbons (Fsp3) is 0.889. The summed E-state index contributed by atoms with van der Waals surface area (Å²) in [4.78, 5) is 13.2. The molecular weight excluding hydrogens is 166 g/mol. The average molecular weight is 185 g/mol. The first kappa shape index (κ1) is 10.5. The summed E-state index contributed by atoms with van der Waals surface area (Å²) in [6.07, 6.45) is 0. The Labute approximate surface area is 79.5 Å². The minimum absolute atomic E-state index is 0.121. The Morgan fingerprint density at radius 2 is 2.15 bits per heavy atom. The number of amides is 1. The lowest BCUT2D eigenvalue weighted by Crippen LogP contribution is -2.60. The van der Waals surface area contributed by atoms with Crippen LogP contribution in [0.1, 0.15) is 20.8 Å². The zero-order chi connectivity index (χ0) is 10.1. The molecule has 1 rings (SSSR count). The van der Waals surface area contributed by atoms with Crippen LogP contribution in [0.2, 0.25) is 0 Å². The standard InChI is InChI=1S/C9H19N3O/c1-9(2,3)12-5-4-11-7(6-12)8(10)13/h7,11H,4-6H2,1-3H3,(H2,10,13)/t7-/m0/s1. The number of hydrogen-bond acceptors (Lipinski definition) is 3. The van der Waals surface area contributed by atoms with Crippen molar-refractivity contribution in [2.45, 2.75) is 32.4 Å². The number of primary amides is 1. The lowest BCUT2D eigenvalue weighted by molar-refractivity contribution is -0.121. The van der Waals surface area contributed by atoms with Gasteiger partial charge in [-0.25, -0.2) is 0 Å². The van der Waals surface area contributed by atoms with Gasteiger partial charge in [0.15, 0.2) is 0 Å². The zero-order valence-corrected chi connectivity index (χ0v) is 8.63. The Kier molecular flexibility index (Phi) is 2.93. The smallest absolute Gasteiger partial charge is 0.235 e. The number of piperazine rings is 1. The van der Waals surface area contributed by atoms with Gasteiger partial charge in [0.05, 0.1) is 6.04 Å². The lowest BCUT2D eigenvalue weighted by Gasteiger charge is -2.41. The van der Waals surface area contributed by atoms with Crippen LogP contribution in [0, 0.1) is 0 Å². The summed E-state index contributed by atoms with van der Waals surface area (Å²) in [5, 5.41) is 3.10. The predicted molar refractivity (Wildman–Crippen MR) is 52.3 cm³/mol. The molecule has 1 saturated heterocycles. The first-order valence-corrected chi connectivity index (χ1v) is 4.69. The van der Waals surface area contributed by atoms with Crippen LogP contribution in [0.15, 0.2) is 0 Å². The van der Waals surface area contributed by atoms with E-state index in [1.807, 2.05) is 0 Å². The van der Waals surface area contributed by atoms with Gasteiger partial charge in [-0.2, -0.15) is 0 Å².